The number of hydrogen-bond donors (Lipinski definition) is 8. The number of rotatable bonds is 14. The van der Waals surface area contributed by atoms with Gasteiger partial charge in [0.25, 0.3) is 0 Å². The fourth-order valence-electron chi connectivity index (χ4n) is 3.45. The summed E-state index contributed by atoms with van der Waals surface area (Å²) in [6.07, 6.45) is 4.89. The van der Waals surface area contributed by atoms with E-state index in [-0.39, 0.29) is 25.2 Å². The molecule has 0 aliphatic carbocycles. The second kappa shape index (κ2) is 13.3. The average molecular weight is 507 g/mol. The molecule has 0 radical (unpaired) electrons. The molecule has 0 saturated heterocycles. The zero-order valence-electron chi connectivity index (χ0n) is 20.4. The maximum atomic E-state index is 13.2. The van der Waals surface area contributed by atoms with Crippen LogP contribution in [0, 0.1) is 5.92 Å². The topological polar surface area (TPSA) is 228 Å². The zero-order valence-corrected chi connectivity index (χ0v) is 20.4. The largest absolute Gasteiger partial charge is 0.480 e. The molecule has 3 amide bonds. The monoisotopic (exact) mass is 506 g/mol. The Balaban J connectivity index is 2.16. The van der Waals surface area contributed by atoms with E-state index in [0.29, 0.717) is 11.4 Å². The van der Waals surface area contributed by atoms with Crippen LogP contribution in [0.2, 0.25) is 0 Å². The molecule has 14 heteroatoms. The molecule has 0 aliphatic heterocycles. The number of nitrogens with two attached hydrogens (primary N) is 1. The van der Waals surface area contributed by atoms with E-state index in [4.69, 9.17) is 5.73 Å². The number of hydrogen-bond acceptors (Lipinski definition) is 8. The lowest BCUT2D eigenvalue weighted by atomic mass is 10.0. The minimum Gasteiger partial charge on any atom is -0.480 e. The lowest BCUT2D eigenvalue weighted by Gasteiger charge is -2.26. The summed E-state index contributed by atoms with van der Waals surface area (Å²) in [5.74, 6) is -3.44. The quantitative estimate of drug-likeness (QED) is 0.144. The van der Waals surface area contributed by atoms with Crippen LogP contribution >= 0.6 is 0 Å². The Morgan fingerprint density at radius 3 is 1.89 bits per heavy atom. The van der Waals surface area contributed by atoms with Crippen LogP contribution < -0.4 is 21.7 Å². The molecule has 2 aromatic rings. The number of aromatic amines is 2. The van der Waals surface area contributed by atoms with E-state index in [1.165, 1.54) is 25.8 Å². The van der Waals surface area contributed by atoms with E-state index >= 15 is 0 Å². The van der Waals surface area contributed by atoms with Crippen molar-refractivity contribution in [2.45, 2.75) is 70.3 Å². The molecule has 2 heterocycles. The third-order valence-electron chi connectivity index (χ3n) is 5.33. The van der Waals surface area contributed by atoms with Crippen LogP contribution in [-0.4, -0.2) is 84.1 Å². The Kier molecular flexibility index (Phi) is 10.5. The number of carboxylic acids is 1. The molecule has 0 spiro atoms. The molecule has 0 bridgehead atoms. The Hall–Kier alpha value is -3.78. The molecule has 198 valence electrons. The summed E-state index contributed by atoms with van der Waals surface area (Å²) in [6, 6.07) is -4.75. The fourth-order valence-corrected chi connectivity index (χ4v) is 3.45. The summed E-state index contributed by atoms with van der Waals surface area (Å²) in [4.78, 5) is 63.7. The van der Waals surface area contributed by atoms with Crippen LogP contribution in [0.5, 0.6) is 0 Å². The Morgan fingerprint density at radius 1 is 0.889 bits per heavy atom. The molecule has 2 rings (SSSR count). The van der Waals surface area contributed by atoms with E-state index in [1.807, 2.05) is 13.8 Å². The standard InChI is InChI=1S/C22H34N8O6/c1-11(2)4-16(28-19(32)15(23)5-13-7-24-9-26-13)20(33)29-17(6-14-8-25-10-27-14)21(34)30-18(12(3)31)22(35)36/h7-12,15-18,31H,4-6,23H2,1-3H3,(H,24,26)(H,25,27)(H,28,32)(H,29,33)(H,30,34)(H,35,36). The number of amides is 3. The summed E-state index contributed by atoms with van der Waals surface area (Å²) < 4.78 is 0. The number of H-pyrrole nitrogens is 2. The summed E-state index contributed by atoms with van der Waals surface area (Å²) in [5.41, 5.74) is 7.16. The number of carbonyl (C=O) groups is 4. The van der Waals surface area contributed by atoms with Gasteiger partial charge in [-0.2, -0.15) is 0 Å². The summed E-state index contributed by atoms with van der Waals surface area (Å²) in [6.45, 7) is 4.96. The minimum absolute atomic E-state index is 0.0106. The molecule has 0 saturated carbocycles. The fraction of sp³-hybridized carbons (Fsp3) is 0.545. The zero-order chi connectivity index (χ0) is 26.8. The highest BCUT2D eigenvalue weighted by molar-refractivity contribution is 5.94. The molecule has 5 unspecified atom stereocenters. The number of aromatic nitrogens is 4. The number of carbonyl (C=O) groups excluding carboxylic acids is 3. The van der Waals surface area contributed by atoms with Gasteiger partial charge in [0.05, 0.1) is 24.8 Å². The first-order valence-electron chi connectivity index (χ1n) is 11.5. The van der Waals surface area contributed by atoms with Crippen molar-refractivity contribution in [3.8, 4) is 0 Å². The number of aliphatic hydroxyl groups excluding tert-OH is 1. The van der Waals surface area contributed by atoms with E-state index in [2.05, 4.69) is 35.9 Å². The van der Waals surface area contributed by atoms with Crippen molar-refractivity contribution in [1.29, 1.82) is 0 Å². The van der Waals surface area contributed by atoms with Crippen LogP contribution in [-0.2, 0) is 32.0 Å². The van der Waals surface area contributed by atoms with Gasteiger partial charge in [-0.25, -0.2) is 14.8 Å². The van der Waals surface area contributed by atoms with Crippen molar-refractivity contribution < 1.29 is 29.4 Å². The second-order valence-electron chi connectivity index (χ2n) is 8.99. The number of carboxylic acid groups (broad SMARTS) is 1. The van der Waals surface area contributed by atoms with E-state index in [9.17, 15) is 29.4 Å². The van der Waals surface area contributed by atoms with E-state index in [0.717, 1.165) is 0 Å². The van der Waals surface area contributed by atoms with Gasteiger partial charge in [-0.05, 0) is 19.3 Å². The highest BCUT2D eigenvalue weighted by Crippen LogP contribution is 2.08. The van der Waals surface area contributed by atoms with Crippen LogP contribution in [0.25, 0.3) is 0 Å². The molecule has 0 aliphatic rings. The third kappa shape index (κ3) is 8.78. The smallest absolute Gasteiger partial charge is 0.328 e. The molecule has 14 nitrogen and oxygen atoms in total. The molecular formula is C22H34N8O6. The van der Waals surface area contributed by atoms with Crippen molar-refractivity contribution in [3.63, 3.8) is 0 Å². The molecule has 36 heavy (non-hydrogen) atoms. The van der Waals surface area contributed by atoms with Gasteiger partial charge in [0, 0.05) is 36.6 Å². The van der Waals surface area contributed by atoms with Gasteiger partial charge in [0.15, 0.2) is 6.04 Å². The number of imidazole rings is 2. The number of nitrogens with one attached hydrogen (secondary N) is 5. The third-order valence-corrected chi connectivity index (χ3v) is 5.33. The predicted octanol–water partition coefficient (Wildman–Crippen LogP) is -1.79. The van der Waals surface area contributed by atoms with Crippen molar-refractivity contribution >= 4 is 23.7 Å². The van der Waals surface area contributed by atoms with Crippen molar-refractivity contribution in [3.05, 3.63) is 36.4 Å². The van der Waals surface area contributed by atoms with Crippen molar-refractivity contribution in [1.82, 2.24) is 35.9 Å². The number of nitrogens with zero attached hydrogens (tertiary/aromatic N) is 2. The second-order valence-corrected chi connectivity index (χ2v) is 8.99. The molecular weight excluding hydrogens is 472 g/mol. The van der Waals surface area contributed by atoms with Crippen LogP contribution in [0.3, 0.4) is 0 Å². The lowest BCUT2D eigenvalue weighted by molar-refractivity contribution is -0.145. The Bertz CT molecular complexity index is 992. The average Bonchev–Trinajstić information content (AvgIpc) is 3.49. The summed E-state index contributed by atoms with van der Waals surface area (Å²) in [5, 5.41) is 26.5. The van der Waals surface area contributed by atoms with Crippen LogP contribution in [0.4, 0.5) is 0 Å². The molecule has 0 fully saturated rings. The number of aliphatic carboxylic acids is 1. The molecule has 9 N–H and O–H groups in total. The highest BCUT2D eigenvalue weighted by Gasteiger charge is 2.32. The van der Waals surface area contributed by atoms with Gasteiger partial charge < -0.3 is 41.9 Å². The van der Waals surface area contributed by atoms with Gasteiger partial charge in [0.2, 0.25) is 17.7 Å². The first-order valence-corrected chi connectivity index (χ1v) is 11.5. The summed E-state index contributed by atoms with van der Waals surface area (Å²) >= 11 is 0. The highest BCUT2D eigenvalue weighted by atomic mass is 16.4. The van der Waals surface area contributed by atoms with E-state index < -0.39 is 54.0 Å². The van der Waals surface area contributed by atoms with Crippen molar-refractivity contribution in [2.75, 3.05) is 0 Å². The van der Waals surface area contributed by atoms with Gasteiger partial charge in [-0.15, -0.1) is 0 Å². The maximum absolute atomic E-state index is 13.2. The van der Waals surface area contributed by atoms with Gasteiger partial charge in [0.1, 0.15) is 12.1 Å². The Labute approximate surface area is 207 Å². The van der Waals surface area contributed by atoms with Gasteiger partial charge in [-0.3, -0.25) is 14.4 Å². The molecule has 2 aromatic heterocycles. The lowest BCUT2D eigenvalue weighted by Crippen LogP contribution is -2.59. The van der Waals surface area contributed by atoms with Gasteiger partial charge >= 0.3 is 5.97 Å². The van der Waals surface area contributed by atoms with Crippen molar-refractivity contribution in [2.24, 2.45) is 11.7 Å². The SMILES string of the molecule is CC(C)CC(NC(=O)C(N)Cc1cnc[nH]1)C(=O)NC(Cc1cnc[nH]1)C(=O)NC(C(=O)O)C(C)O. The molecule has 0 aromatic carbocycles. The van der Waals surface area contributed by atoms with Gasteiger partial charge in [-0.1, -0.05) is 13.8 Å². The number of aliphatic hydroxyl groups is 1. The van der Waals surface area contributed by atoms with E-state index in [1.54, 1.807) is 6.20 Å². The normalized spacial score (nSPS) is 15.4. The first kappa shape index (κ1) is 28.5. The maximum Gasteiger partial charge on any atom is 0.328 e. The summed E-state index contributed by atoms with van der Waals surface area (Å²) in [7, 11) is 0. The predicted molar refractivity (Wildman–Crippen MR) is 127 cm³/mol. The van der Waals surface area contributed by atoms with Crippen LogP contribution in [0.1, 0.15) is 38.6 Å². The minimum atomic E-state index is -1.58. The molecule has 5 atom stereocenters. The first-order chi connectivity index (χ1) is 17.0. The Morgan fingerprint density at radius 2 is 1.42 bits per heavy atom. The van der Waals surface area contributed by atoms with Crippen LogP contribution in [0.15, 0.2) is 25.0 Å².